The molecule has 1 amide bonds. The fourth-order valence-electron chi connectivity index (χ4n) is 1.87. The fourth-order valence-corrected chi connectivity index (χ4v) is 1.87. The maximum Gasteiger partial charge on any atom is 0.252 e. The number of nitrogens with one attached hydrogen (secondary N) is 1. The number of rotatable bonds is 4. The molecule has 0 radical (unpaired) electrons. The molecule has 0 bridgehead atoms. The molecule has 3 N–H and O–H groups in total. The van der Waals surface area contributed by atoms with Crippen molar-refractivity contribution in [1.82, 2.24) is 5.32 Å². The van der Waals surface area contributed by atoms with Crippen molar-refractivity contribution in [2.45, 2.75) is 32.7 Å². The molecule has 0 aliphatic rings. The first kappa shape index (κ1) is 14.5. The van der Waals surface area contributed by atoms with Crippen LogP contribution in [0.2, 0.25) is 0 Å². The average molecular weight is 250 g/mol. The van der Waals surface area contributed by atoms with Crippen LogP contribution in [0.3, 0.4) is 0 Å². The Morgan fingerprint density at radius 2 is 2.00 bits per heavy atom. The van der Waals surface area contributed by atoms with E-state index in [-0.39, 0.29) is 5.41 Å². The van der Waals surface area contributed by atoms with Gasteiger partial charge in [-0.15, -0.1) is 0 Å². The largest absolute Gasteiger partial charge is 0.496 e. The van der Waals surface area contributed by atoms with Crippen molar-refractivity contribution in [2.24, 2.45) is 5.73 Å². The smallest absolute Gasteiger partial charge is 0.252 e. The lowest BCUT2D eigenvalue weighted by Gasteiger charge is -2.22. The first-order valence-electron chi connectivity index (χ1n) is 5.97. The topological polar surface area (TPSA) is 64.3 Å². The molecule has 0 unspecified atom stereocenters. The van der Waals surface area contributed by atoms with E-state index >= 15 is 0 Å². The number of primary amides is 1. The Labute approximate surface area is 109 Å². The summed E-state index contributed by atoms with van der Waals surface area (Å²) in [6.07, 6.45) is 0. The third-order valence-corrected chi connectivity index (χ3v) is 2.87. The first-order chi connectivity index (χ1) is 8.31. The molecule has 0 fully saturated rings. The molecule has 1 aromatic carbocycles. The second-order valence-corrected chi connectivity index (χ2v) is 5.36. The van der Waals surface area contributed by atoms with Crippen LogP contribution in [0.4, 0.5) is 0 Å². The fraction of sp³-hybridized carbons (Fsp3) is 0.500. The van der Waals surface area contributed by atoms with Gasteiger partial charge in [0.25, 0.3) is 5.91 Å². The van der Waals surface area contributed by atoms with Crippen LogP contribution < -0.4 is 15.8 Å². The summed E-state index contributed by atoms with van der Waals surface area (Å²) in [6.45, 7) is 6.93. The van der Waals surface area contributed by atoms with Gasteiger partial charge in [0, 0.05) is 12.1 Å². The summed E-state index contributed by atoms with van der Waals surface area (Å²) in [4.78, 5) is 11.5. The van der Waals surface area contributed by atoms with Gasteiger partial charge in [0.15, 0.2) is 0 Å². The molecule has 0 saturated carbocycles. The molecule has 0 heterocycles. The SMILES string of the molecule is CNCc1cc(C(C)(C)C)cc(C(N)=O)c1OC. The first-order valence-corrected chi connectivity index (χ1v) is 5.97. The average Bonchev–Trinajstić information content (AvgIpc) is 2.27. The summed E-state index contributed by atoms with van der Waals surface area (Å²) in [6, 6.07) is 3.88. The van der Waals surface area contributed by atoms with Crippen LogP contribution in [0.15, 0.2) is 12.1 Å². The van der Waals surface area contributed by atoms with Gasteiger partial charge < -0.3 is 15.8 Å². The predicted molar refractivity (Wildman–Crippen MR) is 73.0 cm³/mol. The molecule has 0 atom stereocenters. The standard InChI is InChI=1S/C14H22N2O2/c1-14(2,3)10-6-9(8-16-4)12(18-5)11(7-10)13(15)17/h6-7,16H,8H2,1-5H3,(H2,15,17). The van der Waals surface area contributed by atoms with Gasteiger partial charge >= 0.3 is 0 Å². The molecule has 0 aliphatic carbocycles. The van der Waals surface area contributed by atoms with Gasteiger partial charge in [-0.05, 0) is 24.1 Å². The molecule has 0 spiro atoms. The van der Waals surface area contributed by atoms with Crippen molar-refractivity contribution in [3.05, 3.63) is 28.8 Å². The summed E-state index contributed by atoms with van der Waals surface area (Å²) >= 11 is 0. The minimum absolute atomic E-state index is 0.0427. The lowest BCUT2D eigenvalue weighted by Crippen LogP contribution is -2.19. The zero-order valence-electron chi connectivity index (χ0n) is 11.8. The highest BCUT2D eigenvalue weighted by atomic mass is 16.5. The van der Waals surface area contributed by atoms with E-state index in [9.17, 15) is 4.79 Å². The number of carbonyl (C=O) groups is 1. The molecule has 0 saturated heterocycles. The van der Waals surface area contributed by atoms with Gasteiger partial charge in [-0.3, -0.25) is 4.79 Å². The van der Waals surface area contributed by atoms with Crippen molar-refractivity contribution in [3.8, 4) is 5.75 Å². The van der Waals surface area contributed by atoms with Crippen LogP contribution in [0, 0.1) is 0 Å². The minimum atomic E-state index is -0.463. The molecule has 4 nitrogen and oxygen atoms in total. The zero-order chi connectivity index (χ0) is 13.9. The van der Waals surface area contributed by atoms with Crippen molar-refractivity contribution in [3.63, 3.8) is 0 Å². The van der Waals surface area contributed by atoms with Crippen LogP contribution in [-0.4, -0.2) is 20.1 Å². The van der Waals surface area contributed by atoms with Gasteiger partial charge in [0.1, 0.15) is 5.75 Å². The highest BCUT2D eigenvalue weighted by molar-refractivity contribution is 5.96. The Morgan fingerprint density at radius 1 is 1.39 bits per heavy atom. The van der Waals surface area contributed by atoms with E-state index in [1.54, 1.807) is 7.11 Å². The summed E-state index contributed by atoms with van der Waals surface area (Å²) in [5, 5.41) is 3.07. The highest BCUT2D eigenvalue weighted by Crippen LogP contribution is 2.31. The van der Waals surface area contributed by atoms with E-state index in [1.165, 1.54) is 0 Å². The molecule has 1 aromatic rings. The monoisotopic (exact) mass is 250 g/mol. The molecule has 4 heteroatoms. The second kappa shape index (κ2) is 5.40. The van der Waals surface area contributed by atoms with Crippen molar-refractivity contribution < 1.29 is 9.53 Å². The van der Waals surface area contributed by atoms with E-state index in [2.05, 4.69) is 32.2 Å². The van der Waals surface area contributed by atoms with Gasteiger partial charge in [-0.2, -0.15) is 0 Å². The highest BCUT2D eigenvalue weighted by Gasteiger charge is 2.21. The molecule has 18 heavy (non-hydrogen) atoms. The Hall–Kier alpha value is -1.55. The summed E-state index contributed by atoms with van der Waals surface area (Å²) in [7, 11) is 3.41. The van der Waals surface area contributed by atoms with Crippen molar-refractivity contribution in [2.75, 3.05) is 14.2 Å². The Kier molecular flexibility index (Phi) is 4.35. The summed E-state index contributed by atoms with van der Waals surface area (Å²) in [5.74, 6) is 0.0974. The molecular formula is C14H22N2O2. The van der Waals surface area contributed by atoms with E-state index in [4.69, 9.17) is 10.5 Å². The zero-order valence-corrected chi connectivity index (χ0v) is 11.8. The molecule has 100 valence electrons. The number of benzene rings is 1. The van der Waals surface area contributed by atoms with Gasteiger partial charge in [0.2, 0.25) is 0 Å². The lowest BCUT2D eigenvalue weighted by molar-refractivity contribution is 0.0997. The van der Waals surface area contributed by atoms with Crippen LogP contribution in [0.25, 0.3) is 0 Å². The van der Waals surface area contributed by atoms with Gasteiger partial charge in [-0.25, -0.2) is 0 Å². The van der Waals surface area contributed by atoms with Gasteiger partial charge in [0.05, 0.1) is 12.7 Å². The minimum Gasteiger partial charge on any atom is -0.496 e. The number of hydrogen-bond donors (Lipinski definition) is 2. The van der Waals surface area contributed by atoms with Crippen LogP contribution in [-0.2, 0) is 12.0 Å². The van der Waals surface area contributed by atoms with Crippen LogP contribution in [0.1, 0.15) is 42.3 Å². The van der Waals surface area contributed by atoms with E-state index in [1.807, 2.05) is 13.1 Å². The lowest BCUT2D eigenvalue weighted by atomic mass is 9.84. The third kappa shape index (κ3) is 3.01. The number of amides is 1. The Balaban J connectivity index is 3.48. The van der Waals surface area contributed by atoms with E-state index in [0.29, 0.717) is 17.9 Å². The number of ether oxygens (including phenoxy) is 1. The number of nitrogens with two attached hydrogens (primary N) is 1. The van der Waals surface area contributed by atoms with Crippen molar-refractivity contribution in [1.29, 1.82) is 0 Å². The Bertz CT molecular complexity index is 448. The van der Waals surface area contributed by atoms with Crippen molar-refractivity contribution >= 4 is 5.91 Å². The Morgan fingerprint density at radius 3 is 2.39 bits per heavy atom. The van der Waals surface area contributed by atoms with Gasteiger partial charge in [-0.1, -0.05) is 26.8 Å². The molecule has 0 aromatic heterocycles. The third-order valence-electron chi connectivity index (χ3n) is 2.87. The molecule has 0 aliphatic heterocycles. The van der Waals surface area contributed by atoms with Crippen LogP contribution >= 0.6 is 0 Å². The quantitative estimate of drug-likeness (QED) is 0.856. The number of carbonyl (C=O) groups excluding carboxylic acids is 1. The summed E-state index contributed by atoms with van der Waals surface area (Å²) < 4.78 is 5.32. The number of hydrogen-bond acceptors (Lipinski definition) is 3. The summed E-state index contributed by atoms with van der Waals surface area (Å²) in [5.41, 5.74) is 7.84. The van der Waals surface area contributed by atoms with Crippen LogP contribution in [0.5, 0.6) is 5.75 Å². The predicted octanol–water partition coefficient (Wildman–Crippen LogP) is 1.81. The van der Waals surface area contributed by atoms with E-state index in [0.717, 1.165) is 11.1 Å². The molecule has 1 rings (SSSR count). The maximum atomic E-state index is 11.5. The second-order valence-electron chi connectivity index (χ2n) is 5.36. The number of methoxy groups -OCH3 is 1. The normalized spacial score (nSPS) is 11.4. The molecular weight excluding hydrogens is 228 g/mol. The van der Waals surface area contributed by atoms with E-state index < -0.39 is 5.91 Å². The maximum absolute atomic E-state index is 11.5.